The molecule has 3 heterocycles. The second-order valence-electron chi connectivity index (χ2n) is 8.29. The molecule has 5 rings (SSSR count). The summed E-state index contributed by atoms with van der Waals surface area (Å²) in [4.78, 5) is 17.2. The van der Waals surface area contributed by atoms with Gasteiger partial charge in [0.15, 0.2) is 0 Å². The number of aryl methyl sites for hydroxylation is 1. The molecule has 1 amide bonds. The molecule has 0 aliphatic carbocycles. The molecule has 9 nitrogen and oxygen atoms in total. The first kappa shape index (κ1) is 23.6. The van der Waals surface area contributed by atoms with Gasteiger partial charge < -0.3 is 14.4 Å². The van der Waals surface area contributed by atoms with Crippen molar-refractivity contribution in [2.24, 2.45) is 0 Å². The van der Waals surface area contributed by atoms with E-state index in [1.165, 1.54) is 5.51 Å². The summed E-state index contributed by atoms with van der Waals surface area (Å²) in [6.45, 7) is 4.81. The molecular formula is C23H23ClN6O3S2. The monoisotopic (exact) mass is 530 g/mol. The molecule has 0 saturated carbocycles. The van der Waals surface area contributed by atoms with E-state index in [1.54, 1.807) is 24.3 Å². The maximum atomic E-state index is 13.0. The Bertz CT molecular complexity index is 1460. The van der Waals surface area contributed by atoms with Crippen LogP contribution in [0.3, 0.4) is 0 Å². The van der Waals surface area contributed by atoms with Crippen molar-refractivity contribution in [3.63, 3.8) is 0 Å². The first-order chi connectivity index (χ1) is 16.8. The molecule has 0 spiro atoms. The number of nitrogens with one attached hydrogen (secondary N) is 1. The van der Waals surface area contributed by atoms with Crippen LogP contribution in [0.2, 0.25) is 5.02 Å². The van der Waals surface area contributed by atoms with E-state index in [0.29, 0.717) is 31.2 Å². The number of anilines is 2. The molecule has 0 unspecified atom stereocenters. The standard InChI is InChI=1S/C23H23ClN6O3S2/c1-16-12-17-13-18(24)2-7-21(17)30(16)14-22(31)29-10-8-28(9-11-29)19-3-5-20(6-4-19)35(32,33)27-23-26-25-15-34-23/h2-7,12-13,15H,8-11,14H2,1H3,(H,26,27). The Hall–Kier alpha value is -3.15. The van der Waals surface area contributed by atoms with Gasteiger partial charge in [-0.1, -0.05) is 22.9 Å². The lowest BCUT2D eigenvalue weighted by atomic mass is 10.2. The van der Waals surface area contributed by atoms with Crippen LogP contribution in [-0.4, -0.2) is 60.2 Å². The van der Waals surface area contributed by atoms with Gasteiger partial charge in [0.2, 0.25) is 11.0 Å². The summed E-state index contributed by atoms with van der Waals surface area (Å²) in [5, 5.41) is 9.28. The minimum atomic E-state index is -3.72. The molecule has 4 aromatic rings. The lowest BCUT2D eigenvalue weighted by Crippen LogP contribution is -2.49. The van der Waals surface area contributed by atoms with Gasteiger partial charge in [-0.15, -0.1) is 10.2 Å². The molecule has 35 heavy (non-hydrogen) atoms. The topological polar surface area (TPSA) is 100 Å². The normalized spacial score (nSPS) is 14.5. The summed E-state index contributed by atoms with van der Waals surface area (Å²) in [6.07, 6.45) is 0. The van der Waals surface area contributed by atoms with E-state index in [-0.39, 0.29) is 22.5 Å². The van der Waals surface area contributed by atoms with Crippen molar-refractivity contribution in [1.29, 1.82) is 0 Å². The van der Waals surface area contributed by atoms with Gasteiger partial charge in [-0.3, -0.25) is 9.52 Å². The number of carbonyl (C=O) groups excluding carboxylic acids is 1. The predicted molar refractivity (Wildman–Crippen MR) is 138 cm³/mol. The number of nitrogens with zero attached hydrogens (tertiary/aromatic N) is 5. The van der Waals surface area contributed by atoms with Crippen molar-refractivity contribution < 1.29 is 13.2 Å². The number of aromatic nitrogens is 3. The van der Waals surface area contributed by atoms with Crippen molar-refractivity contribution in [3.8, 4) is 0 Å². The second-order valence-corrected chi connectivity index (χ2v) is 11.2. The van der Waals surface area contributed by atoms with Crippen molar-refractivity contribution in [2.75, 3.05) is 35.8 Å². The van der Waals surface area contributed by atoms with Crippen LogP contribution in [0.25, 0.3) is 10.9 Å². The van der Waals surface area contributed by atoms with E-state index in [1.807, 2.05) is 40.7 Å². The summed E-state index contributed by atoms with van der Waals surface area (Å²) >= 11 is 7.22. The average molecular weight is 531 g/mol. The highest BCUT2D eigenvalue weighted by molar-refractivity contribution is 7.93. The van der Waals surface area contributed by atoms with Gasteiger partial charge in [0.1, 0.15) is 12.1 Å². The highest BCUT2D eigenvalue weighted by atomic mass is 35.5. The van der Waals surface area contributed by atoms with Crippen LogP contribution in [-0.2, 0) is 21.4 Å². The Morgan fingerprint density at radius 2 is 1.83 bits per heavy atom. The molecule has 1 aliphatic rings. The summed E-state index contributed by atoms with van der Waals surface area (Å²) in [5.74, 6) is 0.0735. The molecule has 1 saturated heterocycles. The largest absolute Gasteiger partial charge is 0.368 e. The molecule has 0 atom stereocenters. The van der Waals surface area contributed by atoms with E-state index in [9.17, 15) is 13.2 Å². The number of amides is 1. The fourth-order valence-electron chi connectivity index (χ4n) is 4.27. The number of sulfonamides is 1. The SMILES string of the molecule is Cc1cc2cc(Cl)ccc2n1CC(=O)N1CCN(c2ccc(S(=O)(=O)Nc3nncs3)cc2)CC1. The highest BCUT2D eigenvalue weighted by Gasteiger charge is 2.23. The van der Waals surface area contributed by atoms with Gasteiger partial charge in [-0.05, 0) is 55.5 Å². The maximum Gasteiger partial charge on any atom is 0.263 e. The zero-order valence-corrected chi connectivity index (χ0v) is 21.3. The third-order valence-electron chi connectivity index (χ3n) is 6.09. The lowest BCUT2D eigenvalue weighted by molar-refractivity contribution is -0.132. The maximum absolute atomic E-state index is 13.0. The van der Waals surface area contributed by atoms with Crippen molar-refractivity contribution in [3.05, 3.63) is 64.8 Å². The van der Waals surface area contributed by atoms with Gasteiger partial charge in [0.25, 0.3) is 10.0 Å². The third-order valence-corrected chi connectivity index (χ3v) is 8.42. The van der Waals surface area contributed by atoms with Gasteiger partial charge in [-0.2, -0.15) is 0 Å². The zero-order chi connectivity index (χ0) is 24.6. The van der Waals surface area contributed by atoms with Gasteiger partial charge in [-0.25, -0.2) is 8.42 Å². The first-order valence-electron chi connectivity index (χ1n) is 11.0. The Labute approximate surface area is 212 Å². The minimum absolute atomic E-state index is 0.0735. The van der Waals surface area contributed by atoms with Crippen LogP contribution >= 0.6 is 22.9 Å². The van der Waals surface area contributed by atoms with Crippen LogP contribution in [0.15, 0.2) is 58.9 Å². The predicted octanol–water partition coefficient (Wildman–Crippen LogP) is 3.60. The summed E-state index contributed by atoms with van der Waals surface area (Å²) in [5.41, 5.74) is 4.39. The molecule has 2 aromatic heterocycles. The molecule has 182 valence electrons. The van der Waals surface area contributed by atoms with Crippen LogP contribution in [0.4, 0.5) is 10.8 Å². The Balaban J connectivity index is 1.20. The Morgan fingerprint density at radius 3 is 2.51 bits per heavy atom. The average Bonchev–Trinajstić information content (AvgIpc) is 3.46. The smallest absolute Gasteiger partial charge is 0.263 e. The number of rotatable bonds is 6. The molecule has 1 N–H and O–H groups in total. The number of hydrogen-bond acceptors (Lipinski definition) is 7. The van der Waals surface area contributed by atoms with Crippen LogP contribution in [0.1, 0.15) is 5.69 Å². The molecule has 1 aliphatic heterocycles. The first-order valence-corrected chi connectivity index (χ1v) is 13.7. The lowest BCUT2D eigenvalue weighted by Gasteiger charge is -2.36. The Kier molecular flexibility index (Phi) is 6.39. The number of benzene rings is 2. The third kappa shape index (κ3) is 4.97. The fraction of sp³-hybridized carbons (Fsp3) is 0.261. The van der Waals surface area contributed by atoms with Gasteiger partial charge in [0.05, 0.1) is 4.90 Å². The second kappa shape index (κ2) is 9.48. The van der Waals surface area contributed by atoms with E-state index in [2.05, 4.69) is 19.8 Å². The molecule has 1 fully saturated rings. The molecule has 0 radical (unpaired) electrons. The van der Waals surface area contributed by atoms with Gasteiger partial charge >= 0.3 is 0 Å². The number of carbonyl (C=O) groups is 1. The summed E-state index contributed by atoms with van der Waals surface area (Å²) in [7, 11) is -3.72. The van der Waals surface area contributed by atoms with Crippen molar-refractivity contribution >= 4 is 60.6 Å². The number of piperazine rings is 1. The zero-order valence-electron chi connectivity index (χ0n) is 18.9. The number of halogens is 1. The summed E-state index contributed by atoms with van der Waals surface area (Å²) in [6, 6.07) is 14.4. The quantitative estimate of drug-likeness (QED) is 0.409. The highest BCUT2D eigenvalue weighted by Crippen LogP contribution is 2.25. The molecule has 12 heteroatoms. The molecular weight excluding hydrogens is 508 g/mol. The van der Waals surface area contributed by atoms with E-state index in [0.717, 1.165) is 33.6 Å². The van der Waals surface area contributed by atoms with E-state index in [4.69, 9.17) is 11.6 Å². The number of hydrogen-bond donors (Lipinski definition) is 1. The molecule has 2 aromatic carbocycles. The summed E-state index contributed by atoms with van der Waals surface area (Å²) < 4.78 is 29.5. The van der Waals surface area contributed by atoms with Crippen molar-refractivity contribution in [2.45, 2.75) is 18.4 Å². The molecule has 0 bridgehead atoms. The van der Waals surface area contributed by atoms with Crippen LogP contribution in [0, 0.1) is 6.92 Å². The van der Waals surface area contributed by atoms with E-state index >= 15 is 0 Å². The minimum Gasteiger partial charge on any atom is -0.368 e. The fourth-order valence-corrected chi connectivity index (χ4v) is 6.14. The van der Waals surface area contributed by atoms with Crippen molar-refractivity contribution in [1.82, 2.24) is 19.7 Å². The Morgan fingerprint density at radius 1 is 1.09 bits per heavy atom. The van der Waals surface area contributed by atoms with Gasteiger partial charge in [0, 0.05) is 53.5 Å². The van der Waals surface area contributed by atoms with Crippen LogP contribution in [0.5, 0.6) is 0 Å². The van der Waals surface area contributed by atoms with Crippen LogP contribution < -0.4 is 9.62 Å². The number of fused-ring (bicyclic) bond motifs is 1. The van der Waals surface area contributed by atoms with E-state index < -0.39 is 10.0 Å².